The van der Waals surface area contributed by atoms with Gasteiger partial charge in [0.2, 0.25) is 0 Å². The molecule has 1 heterocycles. The van der Waals surface area contributed by atoms with E-state index in [0.717, 1.165) is 23.8 Å². The van der Waals surface area contributed by atoms with Gasteiger partial charge in [-0.1, -0.05) is 12.1 Å². The molecular formula is C21H37IN4O. The number of nitrogens with one attached hydrogen (secondary N) is 2. The van der Waals surface area contributed by atoms with Crippen molar-refractivity contribution >= 4 is 29.9 Å². The Hall–Kier alpha value is -1.02. The summed E-state index contributed by atoms with van der Waals surface area (Å²) >= 11 is 0. The fourth-order valence-corrected chi connectivity index (χ4v) is 3.47. The molecule has 6 heteroatoms. The standard InChI is InChI=1S/C21H36N4O.HI/c1-6-26-20-12-17(4)9-10-19(20)14-24-21(22-5)23-13-18-8-7-11-25(15-18)16(2)3;/h9-10,12,16,18H,6-8,11,13-15H2,1-5H3,(H2,22,23,24);1H. The van der Waals surface area contributed by atoms with Gasteiger partial charge in [0.15, 0.2) is 5.96 Å². The molecule has 0 aliphatic carbocycles. The Balaban J connectivity index is 0.00000364. The molecule has 154 valence electrons. The van der Waals surface area contributed by atoms with Gasteiger partial charge in [-0.2, -0.15) is 0 Å². The van der Waals surface area contributed by atoms with Gasteiger partial charge in [0.05, 0.1) is 6.61 Å². The van der Waals surface area contributed by atoms with Gasteiger partial charge >= 0.3 is 0 Å². The number of piperidine rings is 1. The first-order valence-corrected chi connectivity index (χ1v) is 9.94. The van der Waals surface area contributed by atoms with E-state index in [1.807, 2.05) is 14.0 Å². The van der Waals surface area contributed by atoms with Crippen LogP contribution >= 0.6 is 24.0 Å². The van der Waals surface area contributed by atoms with Gasteiger partial charge in [0.1, 0.15) is 5.75 Å². The average Bonchev–Trinajstić information content (AvgIpc) is 2.63. The molecule has 27 heavy (non-hydrogen) atoms. The fraction of sp³-hybridized carbons (Fsp3) is 0.667. The molecule has 1 unspecified atom stereocenters. The van der Waals surface area contributed by atoms with E-state index >= 15 is 0 Å². The van der Waals surface area contributed by atoms with Crippen molar-refractivity contribution in [2.45, 2.75) is 53.1 Å². The van der Waals surface area contributed by atoms with E-state index < -0.39 is 0 Å². The molecule has 2 rings (SSSR count). The van der Waals surface area contributed by atoms with Gasteiger partial charge in [-0.3, -0.25) is 4.99 Å². The van der Waals surface area contributed by atoms with E-state index in [2.05, 4.69) is 59.5 Å². The molecular weight excluding hydrogens is 451 g/mol. The number of guanidine groups is 1. The smallest absolute Gasteiger partial charge is 0.191 e. The summed E-state index contributed by atoms with van der Waals surface area (Å²) in [5, 5.41) is 6.93. The van der Waals surface area contributed by atoms with Crippen LogP contribution in [0.15, 0.2) is 23.2 Å². The highest BCUT2D eigenvalue weighted by Crippen LogP contribution is 2.20. The number of hydrogen-bond acceptors (Lipinski definition) is 3. The Bertz CT molecular complexity index is 592. The van der Waals surface area contributed by atoms with Crippen LogP contribution in [0.25, 0.3) is 0 Å². The van der Waals surface area contributed by atoms with Gasteiger partial charge in [0, 0.05) is 38.3 Å². The van der Waals surface area contributed by atoms with Crippen LogP contribution in [0.4, 0.5) is 0 Å². The zero-order chi connectivity index (χ0) is 18.9. The van der Waals surface area contributed by atoms with E-state index in [1.54, 1.807) is 0 Å². The molecule has 0 spiro atoms. The number of nitrogens with zero attached hydrogens (tertiary/aromatic N) is 2. The van der Waals surface area contributed by atoms with E-state index in [0.29, 0.717) is 25.1 Å². The van der Waals surface area contributed by atoms with E-state index in [1.165, 1.54) is 31.5 Å². The molecule has 0 amide bonds. The van der Waals surface area contributed by atoms with Crippen LogP contribution in [0.5, 0.6) is 5.75 Å². The number of aliphatic imine (C=N–C) groups is 1. The number of hydrogen-bond donors (Lipinski definition) is 2. The predicted octanol–water partition coefficient (Wildman–Crippen LogP) is 3.80. The largest absolute Gasteiger partial charge is 0.494 e. The van der Waals surface area contributed by atoms with Crippen molar-refractivity contribution in [3.63, 3.8) is 0 Å². The predicted molar refractivity (Wildman–Crippen MR) is 125 cm³/mol. The molecule has 0 saturated carbocycles. The van der Waals surface area contributed by atoms with Crippen molar-refractivity contribution in [1.82, 2.24) is 15.5 Å². The minimum absolute atomic E-state index is 0. The van der Waals surface area contributed by atoms with Gasteiger partial charge in [-0.15, -0.1) is 24.0 Å². The van der Waals surface area contributed by atoms with Crippen LogP contribution in [-0.4, -0.2) is 50.2 Å². The number of ether oxygens (including phenoxy) is 1. The Morgan fingerprint density at radius 2 is 2.11 bits per heavy atom. The summed E-state index contributed by atoms with van der Waals surface area (Å²) in [6.07, 6.45) is 2.58. The topological polar surface area (TPSA) is 48.9 Å². The van der Waals surface area contributed by atoms with Crippen LogP contribution in [0, 0.1) is 12.8 Å². The van der Waals surface area contributed by atoms with Gasteiger partial charge < -0.3 is 20.3 Å². The van der Waals surface area contributed by atoms with Gasteiger partial charge in [-0.05, 0) is 64.6 Å². The second-order valence-corrected chi connectivity index (χ2v) is 7.45. The molecule has 1 aliphatic heterocycles. The first-order valence-electron chi connectivity index (χ1n) is 9.94. The van der Waals surface area contributed by atoms with Crippen molar-refractivity contribution in [3.05, 3.63) is 29.3 Å². The third-order valence-electron chi connectivity index (χ3n) is 5.03. The third-order valence-corrected chi connectivity index (χ3v) is 5.03. The molecule has 0 aromatic heterocycles. The Morgan fingerprint density at radius 3 is 2.78 bits per heavy atom. The monoisotopic (exact) mass is 488 g/mol. The quantitative estimate of drug-likeness (QED) is 0.348. The van der Waals surface area contributed by atoms with E-state index in [-0.39, 0.29) is 24.0 Å². The summed E-state index contributed by atoms with van der Waals surface area (Å²) in [6.45, 7) is 13.4. The summed E-state index contributed by atoms with van der Waals surface area (Å²) < 4.78 is 5.77. The van der Waals surface area contributed by atoms with Crippen molar-refractivity contribution < 1.29 is 4.74 Å². The lowest BCUT2D eigenvalue weighted by molar-refractivity contribution is 0.141. The van der Waals surface area contributed by atoms with E-state index in [9.17, 15) is 0 Å². The third kappa shape index (κ3) is 7.86. The highest BCUT2D eigenvalue weighted by molar-refractivity contribution is 14.0. The molecule has 2 N–H and O–H groups in total. The molecule has 1 fully saturated rings. The zero-order valence-electron chi connectivity index (χ0n) is 17.5. The second-order valence-electron chi connectivity index (χ2n) is 7.45. The van der Waals surface area contributed by atoms with Crippen LogP contribution in [-0.2, 0) is 6.54 Å². The second kappa shape index (κ2) is 12.4. The van der Waals surface area contributed by atoms with Crippen molar-refractivity contribution in [1.29, 1.82) is 0 Å². The Labute approximate surface area is 182 Å². The highest BCUT2D eigenvalue weighted by Gasteiger charge is 2.21. The molecule has 1 aliphatic rings. The molecule has 5 nitrogen and oxygen atoms in total. The Morgan fingerprint density at radius 1 is 1.33 bits per heavy atom. The van der Waals surface area contributed by atoms with Crippen molar-refractivity contribution in [2.75, 3.05) is 33.3 Å². The number of benzene rings is 1. The lowest BCUT2D eigenvalue weighted by Crippen LogP contribution is -2.46. The van der Waals surface area contributed by atoms with Crippen LogP contribution in [0.3, 0.4) is 0 Å². The number of halogens is 1. The van der Waals surface area contributed by atoms with Crippen LogP contribution in [0.1, 0.15) is 44.7 Å². The number of aryl methyl sites for hydroxylation is 1. The first-order chi connectivity index (χ1) is 12.5. The van der Waals surface area contributed by atoms with Gasteiger partial charge in [-0.25, -0.2) is 0 Å². The minimum Gasteiger partial charge on any atom is -0.494 e. The van der Waals surface area contributed by atoms with Crippen LogP contribution < -0.4 is 15.4 Å². The maximum atomic E-state index is 5.77. The SMILES string of the molecule is CCOc1cc(C)ccc1CNC(=NC)NCC1CCCN(C(C)C)C1.I. The molecule has 1 saturated heterocycles. The summed E-state index contributed by atoms with van der Waals surface area (Å²) in [4.78, 5) is 6.95. The average molecular weight is 488 g/mol. The van der Waals surface area contributed by atoms with Crippen molar-refractivity contribution in [3.8, 4) is 5.75 Å². The maximum Gasteiger partial charge on any atom is 0.191 e. The first kappa shape index (κ1) is 24.0. The summed E-state index contributed by atoms with van der Waals surface area (Å²) in [6, 6.07) is 6.98. The Kier molecular flexibility index (Phi) is 11.1. The number of rotatable bonds is 7. The van der Waals surface area contributed by atoms with Crippen molar-refractivity contribution in [2.24, 2.45) is 10.9 Å². The highest BCUT2D eigenvalue weighted by atomic mass is 127. The number of likely N-dealkylation sites (tertiary alicyclic amines) is 1. The molecule has 0 radical (unpaired) electrons. The van der Waals surface area contributed by atoms with E-state index in [4.69, 9.17) is 4.74 Å². The molecule has 1 aromatic carbocycles. The zero-order valence-corrected chi connectivity index (χ0v) is 19.9. The maximum absolute atomic E-state index is 5.77. The van der Waals surface area contributed by atoms with Crippen LogP contribution in [0.2, 0.25) is 0 Å². The molecule has 1 aromatic rings. The molecule has 1 atom stereocenters. The van der Waals surface area contributed by atoms with Gasteiger partial charge in [0.25, 0.3) is 0 Å². The normalized spacial score (nSPS) is 18.1. The lowest BCUT2D eigenvalue weighted by Gasteiger charge is -2.35. The summed E-state index contributed by atoms with van der Waals surface area (Å²) in [7, 11) is 1.83. The molecule has 0 bridgehead atoms. The minimum atomic E-state index is 0. The summed E-state index contributed by atoms with van der Waals surface area (Å²) in [5.74, 6) is 2.49. The summed E-state index contributed by atoms with van der Waals surface area (Å²) in [5.41, 5.74) is 2.37. The fourth-order valence-electron chi connectivity index (χ4n) is 3.47. The lowest BCUT2D eigenvalue weighted by atomic mass is 9.97.